The van der Waals surface area contributed by atoms with E-state index in [1.807, 2.05) is 0 Å². The van der Waals surface area contributed by atoms with Crippen LogP contribution in [0, 0.1) is 12.7 Å². The van der Waals surface area contributed by atoms with Crippen molar-refractivity contribution in [2.24, 2.45) is 0 Å². The Bertz CT molecular complexity index is 600. The van der Waals surface area contributed by atoms with Gasteiger partial charge in [-0.3, -0.25) is 10.1 Å². The largest absolute Gasteiger partial charge is 0.374 e. The number of rotatable bonds is 4. The SMILES string of the molecule is Cc1cc(NC(=O)CNc2cccc(Cl)c2F)on1. The van der Waals surface area contributed by atoms with Crippen molar-refractivity contribution in [2.45, 2.75) is 6.92 Å². The molecule has 0 aliphatic rings. The zero-order valence-electron chi connectivity index (χ0n) is 10.0. The summed E-state index contributed by atoms with van der Waals surface area (Å²) in [4.78, 5) is 11.6. The Kier molecular flexibility index (Phi) is 4.01. The average molecular weight is 284 g/mol. The number of anilines is 2. The highest BCUT2D eigenvalue weighted by Crippen LogP contribution is 2.21. The maximum Gasteiger partial charge on any atom is 0.246 e. The van der Waals surface area contributed by atoms with Crippen LogP contribution in [0.2, 0.25) is 5.02 Å². The van der Waals surface area contributed by atoms with Crippen molar-refractivity contribution in [1.29, 1.82) is 0 Å². The molecule has 2 N–H and O–H groups in total. The van der Waals surface area contributed by atoms with Crippen molar-refractivity contribution in [3.8, 4) is 0 Å². The highest BCUT2D eigenvalue weighted by molar-refractivity contribution is 6.31. The summed E-state index contributed by atoms with van der Waals surface area (Å²) in [6.45, 7) is 1.62. The molecule has 0 aliphatic carbocycles. The van der Waals surface area contributed by atoms with Gasteiger partial charge in [-0.15, -0.1) is 0 Å². The minimum absolute atomic E-state index is 0.00346. The van der Waals surface area contributed by atoms with E-state index in [1.165, 1.54) is 12.1 Å². The van der Waals surface area contributed by atoms with Crippen LogP contribution < -0.4 is 10.6 Å². The zero-order valence-corrected chi connectivity index (χ0v) is 10.8. The van der Waals surface area contributed by atoms with Gasteiger partial charge < -0.3 is 9.84 Å². The molecule has 0 fully saturated rings. The standard InChI is InChI=1S/C12H11ClFN3O2/c1-7-5-11(19-17-7)16-10(18)6-15-9-4-2-3-8(13)12(9)14/h2-5,15H,6H2,1H3,(H,16,18). The number of hydrogen-bond acceptors (Lipinski definition) is 4. The number of carbonyl (C=O) groups excluding carboxylic acids is 1. The van der Waals surface area contributed by atoms with Crippen molar-refractivity contribution in [1.82, 2.24) is 5.16 Å². The third kappa shape index (κ3) is 3.45. The van der Waals surface area contributed by atoms with Crippen molar-refractivity contribution >= 4 is 29.1 Å². The van der Waals surface area contributed by atoms with Gasteiger partial charge in [0.1, 0.15) is 0 Å². The minimum Gasteiger partial charge on any atom is -0.374 e. The van der Waals surface area contributed by atoms with Crippen molar-refractivity contribution in [3.63, 3.8) is 0 Å². The van der Waals surface area contributed by atoms with Gasteiger partial charge in [-0.25, -0.2) is 4.39 Å². The normalized spacial score (nSPS) is 10.3. The third-order valence-electron chi connectivity index (χ3n) is 2.28. The lowest BCUT2D eigenvalue weighted by Crippen LogP contribution is -2.21. The van der Waals surface area contributed by atoms with E-state index < -0.39 is 5.82 Å². The number of benzene rings is 1. The van der Waals surface area contributed by atoms with Crippen LogP contribution >= 0.6 is 11.6 Å². The Labute approximate surface area is 113 Å². The van der Waals surface area contributed by atoms with Gasteiger partial charge in [0.2, 0.25) is 11.8 Å². The summed E-state index contributed by atoms with van der Waals surface area (Å²) in [5.41, 5.74) is 0.820. The first-order valence-electron chi connectivity index (χ1n) is 5.47. The van der Waals surface area contributed by atoms with Crippen LogP contribution in [0.25, 0.3) is 0 Å². The molecule has 1 heterocycles. The minimum atomic E-state index is -0.590. The number of aryl methyl sites for hydroxylation is 1. The summed E-state index contributed by atoms with van der Waals surface area (Å²) in [6, 6.07) is 6.09. The lowest BCUT2D eigenvalue weighted by Gasteiger charge is -2.07. The first-order valence-corrected chi connectivity index (χ1v) is 5.85. The molecule has 1 amide bonds. The van der Waals surface area contributed by atoms with Gasteiger partial charge >= 0.3 is 0 Å². The van der Waals surface area contributed by atoms with Crippen LogP contribution in [0.5, 0.6) is 0 Å². The molecule has 0 bridgehead atoms. The van der Waals surface area contributed by atoms with E-state index in [0.717, 1.165) is 0 Å². The second-order valence-electron chi connectivity index (χ2n) is 3.84. The second-order valence-corrected chi connectivity index (χ2v) is 4.24. The Hall–Kier alpha value is -2.08. The molecule has 0 radical (unpaired) electrons. The summed E-state index contributed by atoms with van der Waals surface area (Å²) in [5, 5.41) is 8.75. The molecule has 1 aromatic carbocycles. The van der Waals surface area contributed by atoms with Gasteiger partial charge in [-0.05, 0) is 19.1 Å². The molecule has 0 saturated carbocycles. The van der Waals surface area contributed by atoms with E-state index in [4.69, 9.17) is 16.1 Å². The van der Waals surface area contributed by atoms with E-state index in [-0.39, 0.29) is 29.0 Å². The van der Waals surface area contributed by atoms with Gasteiger partial charge in [0.15, 0.2) is 5.82 Å². The smallest absolute Gasteiger partial charge is 0.246 e. The van der Waals surface area contributed by atoms with Gasteiger partial charge in [-0.1, -0.05) is 22.8 Å². The monoisotopic (exact) mass is 283 g/mol. The van der Waals surface area contributed by atoms with E-state index in [1.54, 1.807) is 19.1 Å². The molecule has 0 unspecified atom stereocenters. The third-order valence-corrected chi connectivity index (χ3v) is 2.57. The topological polar surface area (TPSA) is 67.2 Å². The molecular weight excluding hydrogens is 273 g/mol. The fraction of sp³-hybridized carbons (Fsp3) is 0.167. The molecule has 7 heteroatoms. The summed E-state index contributed by atoms with van der Waals surface area (Å²) in [5.74, 6) is -0.723. The Morgan fingerprint density at radius 1 is 1.53 bits per heavy atom. The molecule has 1 aromatic heterocycles. The van der Waals surface area contributed by atoms with Crippen LogP contribution in [-0.4, -0.2) is 17.6 Å². The summed E-state index contributed by atoms with van der Waals surface area (Å²) in [7, 11) is 0. The van der Waals surface area contributed by atoms with Crippen molar-refractivity contribution in [2.75, 3.05) is 17.2 Å². The van der Waals surface area contributed by atoms with E-state index in [2.05, 4.69) is 15.8 Å². The predicted octanol–water partition coefficient (Wildman–Crippen LogP) is 2.83. The molecule has 0 atom stereocenters. The molecule has 2 aromatic rings. The number of nitrogens with zero attached hydrogens (tertiary/aromatic N) is 1. The molecule has 5 nitrogen and oxygen atoms in total. The van der Waals surface area contributed by atoms with E-state index in [9.17, 15) is 9.18 Å². The number of halogens is 2. The molecule has 2 rings (SSSR count). The average Bonchev–Trinajstić information content (AvgIpc) is 2.76. The lowest BCUT2D eigenvalue weighted by atomic mass is 10.3. The number of aromatic nitrogens is 1. The molecule has 0 saturated heterocycles. The highest BCUT2D eigenvalue weighted by atomic mass is 35.5. The van der Waals surface area contributed by atoms with Gasteiger partial charge in [0.25, 0.3) is 0 Å². The number of carbonyl (C=O) groups is 1. The Morgan fingerprint density at radius 2 is 2.32 bits per heavy atom. The van der Waals surface area contributed by atoms with Crippen LogP contribution in [0.15, 0.2) is 28.8 Å². The molecule has 0 spiro atoms. The number of amides is 1. The quantitative estimate of drug-likeness (QED) is 0.905. The van der Waals surface area contributed by atoms with Crippen LogP contribution in [0.1, 0.15) is 5.69 Å². The first kappa shape index (κ1) is 13.4. The van der Waals surface area contributed by atoms with E-state index in [0.29, 0.717) is 5.69 Å². The van der Waals surface area contributed by atoms with Crippen LogP contribution in [0.4, 0.5) is 16.0 Å². The Morgan fingerprint density at radius 3 is 3.00 bits per heavy atom. The van der Waals surface area contributed by atoms with Crippen LogP contribution in [-0.2, 0) is 4.79 Å². The van der Waals surface area contributed by atoms with Gasteiger partial charge in [0, 0.05) is 6.07 Å². The second kappa shape index (κ2) is 5.71. The number of hydrogen-bond donors (Lipinski definition) is 2. The summed E-state index contributed by atoms with van der Waals surface area (Å²) >= 11 is 5.62. The molecular formula is C12H11ClFN3O2. The summed E-state index contributed by atoms with van der Waals surface area (Å²) in [6.07, 6.45) is 0. The van der Waals surface area contributed by atoms with Crippen LogP contribution in [0.3, 0.4) is 0 Å². The van der Waals surface area contributed by atoms with Gasteiger partial charge in [-0.2, -0.15) is 0 Å². The Balaban J connectivity index is 1.91. The van der Waals surface area contributed by atoms with Crippen molar-refractivity contribution in [3.05, 3.63) is 40.8 Å². The highest BCUT2D eigenvalue weighted by Gasteiger charge is 2.09. The van der Waals surface area contributed by atoms with Crippen molar-refractivity contribution < 1.29 is 13.7 Å². The lowest BCUT2D eigenvalue weighted by molar-refractivity contribution is -0.114. The van der Waals surface area contributed by atoms with E-state index >= 15 is 0 Å². The molecule has 100 valence electrons. The molecule has 19 heavy (non-hydrogen) atoms. The van der Waals surface area contributed by atoms with Gasteiger partial charge in [0.05, 0.1) is 22.9 Å². The maximum atomic E-state index is 13.5. The zero-order chi connectivity index (χ0) is 13.8. The first-order chi connectivity index (χ1) is 9.06. The fourth-order valence-corrected chi connectivity index (χ4v) is 1.59. The maximum absolute atomic E-state index is 13.5. The molecule has 0 aliphatic heterocycles. The fourth-order valence-electron chi connectivity index (χ4n) is 1.42. The summed E-state index contributed by atoms with van der Waals surface area (Å²) < 4.78 is 18.4. The predicted molar refractivity (Wildman–Crippen MR) is 69.8 cm³/mol. The number of nitrogens with one attached hydrogen (secondary N) is 2.